The van der Waals surface area contributed by atoms with Crippen molar-refractivity contribution in [3.05, 3.63) is 29.3 Å². The Hall–Kier alpha value is -1.73. The Morgan fingerprint density at radius 1 is 1.48 bits per heavy atom. The van der Waals surface area contributed by atoms with Gasteiger partial charge in [0, 0.05) is 23.7 Å². The summed E-state index contributed by atoms with van der Waals surface area (Å²) in [7, 11) is 1.29. The maximum absolute atomic E-state index is 12.5. The van der Waals surface area contributed by atoms with Crippen molar-refractivity contribution in [3.8, 4) is 0 Å². The number of amides is 2. The standard InChI is InChI=1S/C17H21ClN2O4S/c1-24-17(23)14(6-7-25-2)19-16(22)11-8-15(21)20(10-11)13-5-3-4-12(18)9-13/h3-5,9,11,14H,6-8,10H2,1-2H3,(H,19,22)/t11-,14+/m0/s1. The lowest BCUT2D eigenvalue weighted by molar-refractivity contribution is -0.145. The fraction of sp³-hybridized carbons (Fsp3) is 0.471. The molecule has 0 saturated carbocycles. The summed E-state index contributed by atoms with van der Waals surface area (Å²) in [4.78, 5) is 38.1. The first-order valence-corrected chi connectivity index (χ1v) is 9.66. The number of nitrogens with one attached hydrogen (secondary N) is 1. The summed E-state index contributed by atoms with van der Waals surface area (Å²) < 4.78 is 4.74. The molecule has 1 fully saturated rings. The van der Waals surface area contributed by atoms with Crippen molar-refractivity contribution >= 4 is 46.8 Å². The third kappa shape index (κ3) is 5.12. The third-order valence-corrected chi connectivity index (χ3v) is 4.91. The predicted octanol–water partition coefficient (Wildman–Crippen LogP) is 2.10. The Balaban J connectivity index is 2.02. The largest absolute Gasteiger partial charge is 0.467 e. The first kappa shape index (κ1) is 19.6. The molecule has 0 aromatic heterocycles. The first-order valence-electron chi connectivity index (χ1n) is 7.89. The number of thioether (sulfide) groups is 1. The van der Waals surface area contributed by atoms with Crippen LogP contribution in [0.4, 0.5) is 5.69 Å². The number of carbonyl (C=O) groups is 3. The van der Waals surface area contributed by atoms with E-state index < -0.39 is 17.9 Å². The normalized spacial score (nSPS) is 18.1. The van der Waals surface area contributed by atoms with E-state index in [4.69, 9.17) is 16.3 Å². The van der Waals surface area contributed by atoms with Gasteiger partial charge in [-0.3, -0.25) is 9.59 Å². The van der Waals surface area contributed by atoms with Crippen LogP contribution in [0.3, 0.4) is 0 Å². The van der Waals surface area contributed by atoms with Gasteiger partial charge in [-0.25, -0.2) is 4.79 Å². The lowest BCUT2D eigenvalue weighted by Crippen LogP contribution is -2.45. The molecular weight excluding hydrogens is 364 g/mol. The van der Waals surface area contributed by atoms with E-state index in [-0.39, 0.29) is 24.8 Å². The van der Waals surface area contributed by atoms with Crippen molar-refractivity contribution in [2.24, 2.45) is 5.92 Å². The Bertz CT molecular complexity index is 655. The van der Waals surface area contributed by atoms with E-state index in [1.54, 1.807) is 40.9 Å². The van der Waals surface area contributed by atoms with Gasteiger partial charge in [-0.05, 0) is 36.6 Å². The Morgan fingerprint density at radius 3 is 2.88 bits per heavy atom. The van der Waals surface area contributed by atoms with Crippen molar-refractivity contribution < 1.29 is 19.1 Å². The van der Waals surface area contributed by atoms with Crippen molar-refractivity contribution in [1.82, 2.24) is 5.32 Å². The summed E-state index contributed by atoms with van der Waals surface area (Å²) in [6, 6.07) is 6.26. The number of rotatable bonds is 7. The van der Waals surface area contributed by atoms with Gasteiger partial charge < -0.3 is 15.0 Å². The Kier molecular flexibility index (Phi) is 7.13. The molecule has 8 heteroatoms. The van der Waals surface area contributed by atoms with Crippen LogP contribution in [0.1, 0.15) is 12.8 Å². The topological polar surface area (TPSA) is 75.7 Å². The molecule has 2 amide bonds. The lowest BCUT2D eigenvalue weighted by atomic mass is 10.1. The molecule has 0 unspecified atom stereocenters. The Labute approximate surface area is 156 Å². The number of carbonyl (C=O) groups excluding carboxylic acids is 3. The lowest BCUT2D eigenvalue weighted by Gasteiger charge is -2.19. The van der Waals surface area contributed by atoms with Crippen molar-refractivity contribution in [2.75, 3.05) is 30.6 Å². The number of benzene rings is 1. The van der Waals surface area contributed by atoms with Gasteiger partial charge in [0.15, 0.2) is 0 Å². The molecule has 0 spiro atoms. The highest BCUT2D eigenvalue weighted by molar-refractivity contribution is 7.98. The summed E-state index contributed by atoms with van der Waals surface area (Å²) in [6.45, 7) is 0.265. The number of esters is 1. The summed E-state index contributed by atoms with van der Waals surface area (Å²) in [6.07, 6.45) is 2.52. The highest BCUT2D eigenvalue weighted by atomic mass is 35.5. The fourth-order valence-electron chi connectivity index (χ4n) is 2.69. The molecule has 1 N–H and O–H groups in total. The minimum absolute atomic E-state index is 0.106. The number of hydrogen-bond acceptors (Lipinski definition) is 5. The molecule has 2 rings (SSSR count). The number of methoxy groups -OCH3 is 1. The van der Waals surface area contributed by atoms with Crippen LogP contribution in [0.5, 0.6) is 0 Å². The van der Waals surface area contributed by atoms with Gasteiger partial charge in [-0.2, -0.15) is 11.8 Å². The molecule has 0 bridgehead atoms. The fourth-order valence-corrected chi connectivity index (χ4v) is 3.35. The minimum atomic E-state index is -0.694. The minimum Gasteiger partial charge on any atom is -0.467 e. The van der Waals surface area contributed by atoms with Crippen LogP contribution in [0.25, 0.3) is 0 Å². The van der Waals surface area contributed by atoms with Gasteiger partial charge in [0.2, 0.25) is 11.8 Å². The van der Waals surface area contributed by atoms with Crippen LogP contribution in [0, 0.1) is 5.92 Å². The molecule has 1 aromatic rings. The van der Waals surface area contributed by atoms with Crippen molar-refractivity contribution in [1.29, 1.82) is 0 Å². The van der Waals surface area contributed by atoms with E-state index in [9.17, 15) is 14.4 Å². The van der Waals surface area contributed by atoms with Gasteiger partial charge in [-0.15, -0.1) is 0 Å². The molecule has 0 radical (unpaired) electrons. The van der Waals surface area contributed by atoms with E-state index in [2.05, 4.69) is 5.32 Å². The average Bonchev–Trinajstić information content (AvgIpc) is 2.99. The van der Waals surface area contributed by atoms with Crippen LogP contribution in [0.15, 0.2) is 24.3 Å². The number of halogens is 1. The van der Waals surface area contributed by atoms with E-state index in [0.717, 1.165) is 5.75 Å². The van der Waals surface area contributed by atoms with E-state index in [1.165, 1.54) is 7.11 Å². The molecule has 25 heavy (non-hydrogen) atoms. The Morgan fingerprint density at radius 2 is 2.24 bits per heavy atom. The molecule has 0 aliphatic carbocycles. The molecule has 6 nitrogen and oxygen atoms in total. The summed E-state index contributed by atoms with van der Waals surface area (Å²) >= 11 is 7.55. The maximum atomic E-state index is 12.5. The zero-order valence-corrected chi connectivity index (χ0v) is 15.7. The van der Waals surface area contributed by atoms with E-state index in [0.29, 0.717) is 17.1 Å². The van der Waals surface area contributed by atoms with Crippen LogP contribution < -0.4 is 10.2 Å². The zero-order chi connectivity index (χ0) is 18.4. The molecule has 2 atom stereocenters. The molecule has 1 aliphatic heterocycles. The second-order valence-electron chi connectivity index (χ2n) is 5.75. The van der Waals surface area contributed by atoms with Gasteiger partial charge in [0.1, 0.15) is 6.04 Å². The first-order chi connectivity index (χ1) is 12.0. The molecule has 136 valence electrons. The van der Waals surface area contributed by atoms with E-state index >= 15 is 0 Å². The van der Waals surface area contributed by atoms with Crippen LogP contribution in [-0.2, 0) is 19.1 Å². The monoisotopic (exact) mass is 384 g/mol. The smallest absolute Gasteiger partial charge is 0.328 e. The summed E-state index contributed by atoms with van der Waals surface area (Å²) in [5, 5.41) is 3.25. The average molecular weight is 385 g/mol. The molecule has 1 aromatic carbocycles. The van der Waals surface area contributed by atoms with Gasteiger partial charge in [-0.1, -0.05) is 17.7 Å². The number of hydrogen-bond donors (Lipinski definition) is 1. The molecule has 1 saturated heterocycles. The summed E-state index contributed by atoms with van der Waals surface area (Å²) in [5.41, 5.74) is 0.666. The number of anilines is 1. The number of ether oxygens (including phenoxy) is 1. The van der Waals surface area contributed by atoms with Crippen molar-refractivity contribution in [2.45, 2.75) is 18.9 Å². The zero-order valence-electron chi connectivity index (χ0n) is 14.2. The second-order valence-corrected chi connectivity index (χ2v) is 7.17. The molecule has 1 heterocycles. The predicted molar refractivity (Wildman–Crippen MR) is 98.9 cm³/mol. The van der Waals surface area contributed by atoms with Crippen LogP contribution in [0.2, 0.25) is 5.02 Å². The summed E-state index contributed by atoms with van der Waals surface area (Å²) in [5.74, 6) is -0.708. The van der Waals surface area contributed by atoms with Gasteiger partial charge >= 0.3 is 5.97 Å². The second kappa shape index (κ2) is 9.10. The highest BCUT2D eigenvalue weighted by Crippen LogP contribution is 2.27. The van der Waals surface area contributed by atoms with Crippen LogP contribution >= 0.6 is 23.4 Å². The number of nitrogens with zero attached hydrogens (tertiary/aromatic N) is 1. The molecular formula is C17H21ClN2O4S. The quantitative estimate of drug-likeness (QED) is 0.728. The molecule has 1 aliphatic rings. The van der Waals surface area contributed by atoms with Gasteiger partial charge in [0.25, 0.3) is 0 Å². The maximum Gasteiger partial charge on any atom is 0.328 e. The van der Waals surface area contributed by atoms with E-state index in [1.807, 2.05) is 6.26 Å². The highest BCUT2D eigenvalue weighted by Gasteiger charge is 2.36. The van der Waals surface area contributed by atoms with Gasteiger partial charge in [0.05, 0.1) is 13.0 Å². The van der Waals surface area contributed by atoms with Crippen molar-refractivity contribution in [3.63, 3.8) is 0 Å². The third-order valence-electron chi connectivity index (χ3n) is 4.03. The SMILES string of the molecule is COC(=O)[C@@H](CCSC)NC(=O)[C@H]1CC(=O)N(c2cccc(Cl)c2)C1. The van der Waals surface area contributed by atoms with Crippen LogP contribution in [-0.4, -0.2) is 49.5 Å².